The topological polar surface area (TPSA) is 66.4 Å². The SMILES string of the molecule is O=CC1CCC(C(=O)O)N1. The lowest BCUT2D eigenvalue weighted by Gasteiger charge is -2.03. The molecule has 1 aliphatic heterocycles. The van der Waals surface area contributed by atoms with Crippen molar-refractivity contribution < 1.29 is 14.7 Å². The molecule has 1 heterocycles. The predicted octanol–water partition coefficient (Wildman–Crippen LogP) is -0.609. The summed E-state index contributed by atoms with van der Waals surface area (Å²) in [5, 5.41) is 11.1. The van der Waals surface area contributed by atoms with Gasteiger partial charge in [0.1, 0.15) is 12.3 Å². The average Bonchev–Trinajstić information content (AvgIpc) is 2.34. The summed E-state index contributed by atoms with van der Waals surface area (Å²) in [7, 11) is 0. The van der Waals surface area contributed by atoms with Crippen LogP contribution in [0.15, 0.2) is 0 Å². The van der Waals surface area contributed by atoms with E-state index in [1.165, 1.54) is 0 Å². The number of nitrogens with one attached hydrogen (secondary N) is 1. The molecule has 0 aliphatic carbocycles. The van der Waals surface area contributed by atoms with Gasteiger partial charge in [0.15, 0.2) is 0 Å². The van der Waals surface area contributed by atoms with E-state index in [-0.39, 0.29) is 6.04 Å². The van der Waals surface area contributed by atoms with Gasteiger partial charge < -0.3 is 9.90 Å². The van der Waals surface area contributed by atoms with E-state index in [0.29, 0.717) is 12.8 Å². The maximum atomic E-state index is 10.3. The number of hydrogen-bond donors (Lipinski definition) is 2. The van der Waals surface area contributed by atoms with Crippen molar-refractivity contribution in [2.75, 3.05) is 0 Å². The number of carboxylic acid groups (broad SMARTS) is 1. The molecule has 0 spiro atoms. The molecule has 4 heteroatoms. The van der Waals surface area contributed by atoms with Crippen LogP contribution in [0.25, 0.3) is 0 Å². The third-order valence-corrected chi connectivity index (χ3v) is 1.64. The van der Waals surface area contributed by atoms with Crippen molar-refractivity contribution in [3.05, 3.63) is 0 Å². The van der Waals surface area contributed by atoms with E-state index >= 15 is 0 Å². The highest BCUT2D eigenvalue weighted by molar-refractivity contribution is 5.75. The maximum absolute atomic E-state index is 10.3. The maximum Gasteiger partial charge on any atom is 0.320 e. The molecule has 1 aliphatic rings. The molecule has 0 saturated carbocycles. The van der Waals surface area contributed by atoms with Gasteiger partial charge in [0.2, 0.25) is 0 Å². The quantitative estimate of drug-likeness (QED) is 0.506. The third kappa shape index (κ3) is 1.33. The molecule has 2 atom stereocenters. The fourth-order valence-electron chi connectivity index (χ4n) is 1.07. The van der Waals surface area contributed by atoms with Gasteiger partial charge in [-0.15, -0.1) is 0 Å². The smallest absolute Gasteiger partial charge is 0.320 e. The minimum absolute atomic E-state index is 0.249. The van der Waals surface area contributed by atoms with Crippen molar-refractivity contribution in [2.45, 2.75) is 24.9 Å². The van der Waals surface area contributed by atoms with Crippen LogP contribution in [0.3, 0.4) is 0 Å². The summed E-state index contributed by atoms with van der Waals surface area (Å²) >= 11 is 0. The highest BCUT2D eigenvalue weighted by Crippen LogP contribution is 2.10. The Morgan fingerprint density at radius 1 is 1.60 bits per heavy atom. The molecule has 1 fully saturated rings. The van der Waals surface area contributed by atoms with Crippen LogP contribution in [0.1, 0.15) is 12.8 Å². The normalized spacial score (nSPS) is 32.0. The Hall–Kier alpha value is -0.900. The lowest BCUT2D eigenvalue weighted by molar-refractivity contribution is -0.139. The summed E-state index contributed by atoms with van der Waals surface area (Å²) in [5.41, 5.74) is 0. The lowest BCUT2D eigenvalue weighted by atomic mass is 10.2. The van der Waals surface area contributed by atoms with E-state index in [1.807, 2.05) is 0 Å². The number of rotatable bonds is 2. The van der Waals surface area contributed by atoms with E-state index in [2.05, 4.69) is 5.32 Å². The molecule has 2 unspecified atom stereocenters. The first kappa shape index (κ1) is 7.21. The molecule has 4 nitrogen and oxygen atoms in total. The first-order valence-corrected chi connectivity index (χ1v) is 3.18. The molecule has 2 N–H and O–H groups in total. The fourth-order valence-corrected chi connectivity index (χ4v) is 1.07. The molecular formula is C6H9NO3. The van der Waals surface area contributed by atoms with Crippen molar-refractivity contribution >= 4 is 12.3 Å². The number of carboxylic acids is 1. The van der Waals surface area contributed by atoms with Gasteiger partial charge in [0.25, 0.3) is 0 Å². The standard InChI is InChI=1S/C6H9NO3/c8-3-4-1-2-5(7-4)6(9)10/h3-5,7H,1-2H2,(H,9,10). The van der Waals surface area contributed by atoms with Crippen LogP contribution in [0.4, 0.5) is 0 Å². The Morgan fingerprint density at radius 3 is 2.60 bits per heavy atom. The second kappa shape index (κ2) is 2.79. The summed E-state index contributed by atoms with van der Waals surface area (Å²) in [6.07, 6.45) is 1.95. The number of aldehydes is 1. The van der Waals surface area contributed by atoms with Gasteiger partial charge >= 0.3 is 5.97 Å². The Morgan fingerprint density at radius 2 is 2.30 bits per heavy atom. The van der Waals surface area contributed by atoms with Crippen LogP contribution in [0.5, 0.6) is 0 Å². The molecule has 56 valence electrons. The van der Waals surface area contributed by atoms with Crippen molar-refractivity contribution in [3.63, 3.8) is 0 Å². The minimum Gasteiger partial charge on any atom is -0.480 e. The molecule has 0 aromatic rings. The molecular weight excluding hydrogens is 134 g/mol. The molecule has 0 aromatic heterocycles. The Bertz CT molecular complexity index is 157. The fraction of sp³-hybridized carbons (Fsp3) is 0.667. The van der Waals surface area contributed by atoms with Gasteiger partial charge in [-0.2, -0.15) is 0 Å². The highest BCUT2D eigenvalue weighted by Gasteiger charge is 2.27. The first-order chi connectivity index (χ1) is 4.74. The summed E-state index contributed by atoms with van der Waals surface area (Å²) in [6, 6.07) is -0.767. The van der Waals surface area contributed by atoms with Gasteiger partial charge in [-0.25, -0.2) is 0 Å². The average molecular weight is 143 g/mol. The monoisotopic (exact) mass is 143 g/mol. The minimum atomic E-state index is -0.871. The van der Waals surface area contributed by atoms with Crippen LogP contribution in [0, 0.1) is 0 Å². The van der Waals surface area contributed by atoms with Crippen molar-refractivity contribution in [3.8, 4) is 0 Å². The third-order valence-electron chi connectivity index (χ3n) is 1.64. The number of hydrogen-bond acceptors (Lipinski definition) is 3. The molecule has 1 saturated heterocycles. The van der Waals surface area contributed by atoms with Crippen LogP contribution in [-0.4, -0.2) is 29.4 Å². The second-order valence-electron chi connectivity index (χ2n) is 2.38. The van der Waals surface area contributed by atoms with Crippen molar-refractivity contribution in [1.82, 2.24) is 5.32 Å². The van der Waals surface area contributed by atoms with Crippen LogP contribution < -0.4 is 5.32 Å². The second-order valence-corrected chi connectivity index (χ2v) is 2.38. The lowest BCUT2D eigenvalue weighted by Crippen LogP contribution is -2.35. The van der Waals surface area contributed by atoms with E-state index in [9.17, 15) is 9.59 Å². The summed E-state index contributed by atoms with van der Waals surface area (Å²) in [6.45, 7) is 0. The molecule has 0 bridgehead atoms. The summed E-state index contributed by atoms with van der Waals surface area (Å²) < 4.78 is 0. The highest BCUT2D eigenvalue weighted by atomic mass is 16.4. The Labute approximate surface area is 58.2 Å². The Balaban J connectivity index is 2.42. The van der Waals surface area contributed by atoms with Gasteiger partial charge in [-0.3, -0.25) is 10.1 Å². The summed E-state index contributed by atoms with van der Waals surface area (Å²) in [5.74, 6) is -0.871. The van der Waals surface area contributed by atoms with E-state index < -0.39 is 12.0 Å². The van der Waals surface area contributed by atoms with Crippen molar-refractivity contribution in [2.24, 2.45) is 0 Å². The van der Waals surface area contributed by atoms with Crippen molar-refractivity contribution in [1.29, 1.82) is 0 Å². The molecule has 1 rings (SSSR count). The molecule has 0 amide bonds. The van der Waals surface area contributed by atoms with Gasteiger partial charge in [0, 0.05) is 0 Å². The zero-order valence-electron chi connectivity index (χ0n) is 5.41. The molecule has 0 radical (unpaired) electrons. The van der Waals surface area contributed by atoms with Crippen LogP contribution >= 0.6 is 0 Å². The van der Waals surface area contributed by atoms with E-state index in [1.54, 1.807) is 0 Å². The van der Waals surface area contributed by atoms with E-state index in [4.69, 9.17) is 5.11 Å². The molecule has 10 heavy (non-hydrogen) atoms. The number of aliphatic carboxylic acids is 1. The number of carbonyl (C=O) groups is 2. The zero-order chi connectivity index (χ0) is 7.56. The largest absolute Gasteiger partial charge is 0.480 e. The Kier molecular flexibility index (Phi) is 2.01. The first-order valence-electron chi connectivity index (χ1n) is 3.18. The predicted molar refractivity (Wildman–Crippen MR) is 33.6 cm³/mol. The van der Waals surface area contributed by atoms with E-state index in [0.717, 1.165) is 6.29 Å². The van der Waals surface area contributed by atoms with Crippen LogP contribution in [-0.2, 0) is 9.59 Å². The van der Waals surface area contributed by atoms with Gasteiger partial charge in [-0.1, -0.05) is 0 Å². The summed E-state index contributed by atoms with van der Waals surface area (Å²) in [4.78, 5) is 20.4. The molecule has 0 aromatic carbocycles. The zero-order valence-corrected chi connectivity index (χ0v) is 5.41. The number of carbonyl (C=O) groups excluding carboxylic acids is 1. The van der Waals surface area contributed by atoms with Gasteiger partial charge in [-0.05, 0) is 12.8 Å². The van der Waals surface area contributed by atoms with Gasteiger partial charge in [0.05, 0.1) is 6.04 Å². The van der Waals surface area contributed by atoms with Crippen LogP contribution in [0.2, 0.25) is 0 Å².